The average Bonchev–Trinajstić information content (AvgIpc) is 3.04. The van der Waals surface area contributed by atoms with Crippen LogP contribution in [-0.4, -0.2) is 38.1 Å². The van der Waals surface area contributed by atoms with E-state index in [1.165, 1.54) is 18.4 Å². The molecule has 0 saturated heterocycles. The third-order valence-corrected chi connectivity index (χ3v) is 3.02. The van der Waals surface area contributed by atoms with Crippen LogP contribution < -0.4 is 4.78 Å². The topological polar surface area (TPSA) is 59.4 Å². The molecule has 0 aromatic carbocycles. The molecular formula is C9H12BNO3S. The standard InChI is InChI=1S/C8H8BNO2S.CH4O/c1-12-8(11)5-6(9)13-7(10-5)4-2-3-4;1-2/h4H,2-3H2,1H3;2H,1H3. The number of carbonyl (C=O) groups excluding carboxylic acids is 1. The van der Waals surface area contributed by atoms with Crippen LogP contribution in [0.15, 0.2) is 0 Å². The summed E-state index contributed by atoms with van der Waals surface area (Å²) in [7, 11) is 7.97. The lowest BCUT2D eigenvalue weighted by atomic mass is 10.1. The first-order valence-corrected chi connectivity index (χ1v) is 5.33. The van der Waals surface area contributed by atoms with Crippen molar-refractivity contribution in [3.63, 3.8) is 0 Å². The first kappa shape index (κ1) is 12.2. The van der Waals surface area contributed by atoms with Crippen LogP contribution in [0.5, 0.6) is 0 Å². The van der Waals surface area contributed by atoms with E-state index >= 15 is 0 Å². The van der Waals surface area contributed by atoms with Crippen molar-refractivity contribution >= 4 is 29.9 Å². The molecule has 1 N–H and O–H groups in total. The second kappa shape index (κ2) is 5.28. The fourth-order valence-electron chi connectivity index (χ4n) is 1.10. The Labute approximate surface area is 93.7 Å². The molecule has 1 heterocycles. The van der Waals surface area contributed by atoms with Crippen molar-refractivity contribution < 1.29 is 14.6 Å². The van der Waals surface area contributed by atoms with Crippen molar-refractivity contribution in [2.24, 2.45) is 0 Å². The van der Waals surface area contributed by atoms with Crippen molar-refractivity contribution in [3.8, 4) is 0 Å². The number of methoxy groups -OCH3 is 1. The molecule has 80 valence electrons. The van der Waals surface area contributed by atoms with Gasteiger partial charge in [0.15, 0.2) is 5.69 Å². The Balaban J connectivity index is 0.000000531. The molecule has 0 bridgehead atoms. The zero-order chi connectivity index (χ0) is 11.4. The molecule has 1 aliphatic carbocycles. The van der Waals surface area contributed by atoms with E-state index in [1.807, 2.05) is 0 Å². The summed E-state index contributed by atoms with van der Waals surface area (Å²) >= 11 is 1.39. The predicted octanol–water partition coefficient (Wildman–Crippen LogP) is 0.209. The van der Waals surface area contributed by atoms with E-state index in [9.17, 15) is 4.79 Å². The van der Waals surface area contributed by atoms with Gasteiger partial charge in [0.05, 0.1) is 12.1 Å². The van der Waals surface area contributed by atoms with Crippen LogP contribution in [0.1, 0.15) is 34.3 Å². The number of ether oxygens (including phenoxy) is 1. The zero-order valence-corrected chi connectivity index (χ0v) is 9.50. The number of thiazole rings is 1. The molecule has 4 nitrogen and oxygen atoms in total. The van der Waals surface area contributed by atoms with E-state index in [1.54, 1.807) is 0 Å². The van der Waals surface area contributed by atoms with Gasteiger partial charge < -0.3 is 9.84 Å². The maximum Gasteiger partial charge on any atom is 0.356 e. The summed E-state index contributed by atoms with van der Waals surface area (Å²) in [6, 6.07) is 0. The molecule has 0 amide bonds. The molecule has 2 rings (SSSR count). The molecule has 1 aromatic heterocycles. The Bertz CT molecular complexity index is 349. The lowest BCUT2D eigenvalue weighted by Crippen LogP contribution is -2.13. The van der Waals surface area contributed by atoms with Gasteiger partial charge in [-0.15, -0.1) is 11.3 Å². The molecule has 6 heteroatoms. The molecule has 1 saturated carbocycles. The molecule has 0 spiro atoms. The van der Waals surface area contributed by atoms with Gasteiger partial charge in [-0.25, -0.2) is 9.78 Å². The van der Waals surface area contributed by atoms with E-state index < -0.39 is 5.97 Å². The SMILES string of the molecule is CO.[B]c1sc(C2CC2)nc1C(=O)OC. The maximum atomic E-state index is 11.1. The number of hydrogen-bond acceptors (Lipinski definition) is 5. The van der Waals surface area contributed by atoms with Gasteiger partial charge in [-0.1, -0.05) is 0 Å². The Hall–Kier alpha value is -0.875. The molecule has 1 fully saturated rings. The van der Waals surface area contributed by atoms with Gasteiger partial charge in [-0.05, 0) is 17.6 Å². The minimum absolute atomic E-state index is 0.273. The van der Waals surface area contributed by atoms with Crippen LogP contribution >= 0.6 is 11.3 Å². The number of hydrogen-bond donors (Lipinski definition) is 1. The molecule has 0 atom stereocenters. The van der Waals surface area contributed by atoms with Gasteiger partial charge in [0.1, 0.15) is 7.85 Å². The Kier molecular flexibility index (Phi) is 4.29. The van der Waals surface area contributed by atoms with Gasteiger partial charge in [-0.2, -0.15) is 0 Å². The molecule has 1 aliphatic rings. The van der Waals surface area contributed by atoms with Gasteiger partial charge in [0, 0.05) is 13.0 Å². The monoisotopic (exact) mass is 225 g/mol. The smallest absolute Gasteiger partial charge is 0.356 e. The van der Waals surface area contributed by atoms with Crippen molar-refractivity contribution in [3.05, 3.63) is 10.7 Å². The number of rotatable bonds is 2. The van der Waals surface area contributed by atoms with E-state index in [-0.39, 0.29) is 5.69 Å². The highest BCUT2D eigenvalue weighted by Gasteiger charge is 2.28. The molecule has 0 unspecified atom stereocenters. The normalized spacial score (nSPS) is 14.1. The van der Waals surface area contributed by atoms with Crippen LogP contribution in [0.3, 0.4) is 0 Å². The summed E-state index contributed by atoms with van der Waals surface area (Å²) in [5.74, 6) is 0.0892. The van der Waals surface area contributed by atoms with E-state index in [0.29, 0.717) is 10.7 Å². The Morgan fingerprint density at radius 1 is 1.60 bits per heavy atom. The first-order valence-electron chi connectivity index (χ1n) is 4.51. The van der Waals surface area contributed by atoms with Gasteiger partial charge >= 0.3 is 5.97 Å². The number of aliphatic hydroxyl groups excluding tert-OH is 1. The molecule has 1 aromatic rings. The molecular weight excluding hydrogens is 213 g/mol. The second-order valence-electron chi connectivity index (χ2n) is 3.03. The summed E-state index contributed by atoms with van der Waals surface area (Å²) in [6.45, 7) is 0. The average molecular weight is 225 g/mol. The van der Waals surface area contributed by atoms with Crippen LogP contribution in [-0.2, 0) is 4.74 Å². The van der Waals surface area contributed by atoms with Gasteiger partial charge in [0.25, 0.3) is 0 Å². The van der Waals surface area contributed by atoms with Crippen LogP contribution in [0.4, 0.5) is 0 Å². The van der Waals surface area contributed by atoms with E-state index in [4.69, 9.17) is 13.0 Å². The van der Waals surface area contributed by atoms with Crippen LogP contribution in [0, 0.1) is 0 Å². The third-order valence-electron chi connectivity index (χ3n) is 1.98. The summed E-state index contributed by atoms with van der Waals surface area (Å²) < 4.78 is 5.02. The third kappa shape index (κ3) is 2.79. The highest BCUT2D eigenvalue weighted by molar-refractivity contribution is 7.20. The van der Waals surface area contributed by atoms with Crippen molar-refractivity contribution in [1.29, 1.82) is 0 Å². The van der Waals surface area contributed by atoms with E-state index in [0.717, 1.165) is 25.0 Å². The highest BCUT2D eigenvalue weighted by Crippen LogP contribution is 2.40. The minimum Gasteiger partial charge on any atom is -0.464 e. The highest BCUT2D eigenvalue weighted by atomic mass is 32.1. The number of esters is 1. The zero-order valence-electron chi connectivity index (χ0n) is 8.69. The summed E-state index contributed by atoms with van der Waals surface area (Å²) in [5, 5.41) is 7.97. The minimum atomic E-state index is -0.444. The quantitative estimate of drug-likeness (QED) is 0.577. The van der Waals surface area contributed by atoms with E-state index in [2.05, 4.69) is 9.72 Å². The summed E-state index contributed by atoms with van der Waals surface area (Å²) in [5.41, 5.74) is 0.273. The number of aliphatic hydroxyl groups is 1. The largest absolute Gasteiger partial charge is 0.464 e. The van der Waals surface area contributed by atoms with Crippen LogP contribution in [0.2, 0.25) is 0 Å². The Morgan fingerprint density at radius 2 is 2.20 bits per heavy atom. The van der Waals surface area contributed by atoms with Gasteiger partial charge in [0.2, 0.25) is 0 Å². The lowest BCUT2D eigenvalue weighted by molar-refractivity contribution is 0.0596. The van der Waals surface area contributed by atoms with Crippen molar-refractivity contribution in [1.82, 2.24) is 4.98 Å². The predicted molar refractivity (Wildman–Crippen MR) is 59.0 cm³/mol. The lowest BCUT2D eigenvalue weighted by Gasteiger charge is -1.93. The summed E-state index contributed by atoms with van der Waals surface area (Å²) in [6.07, 6.45) is 2.32. The van der Waals surface area contributed by atoms with Gasteiger partial charge in [-0.3, -0.25) is 0 Å². The van der Waals surface area contributed by atoms with Crippen molar-refractivity contribution in [2.45, 2.75) is 18.8 Å². The molecule has 2 radical (unpaired) electrons. The molecule has 0 aliphatic heterocycles. The number of carbonyl (C=O) groups is 1. The first-order chi connectivity index (χ1) is 7.22. The summed E-state index contributed by atoms with van der Waals surface area (Å²) in [4.78, 5) is 15.3. The number of aromatic nitrogens is 1. The Morgan fingerprint density at radius 3 is 2.67 bits per heavy atom. The fourth-order valence-corrected chi connectivity index (χ4v) is 2.09. The second-order valence-corrected chi connectivity index (χ2v) is 4.09. The molecule has 15 heavy (non-hydrogen) atoms. The fraction of sp³-hybridized carbons (Fsp3) is 0.556. The van der Waals surface area contributed by atoms with Crippen molar-refractivity contribution in [2.75, 3.05) is 14.2 Å². The maximum absolute atomic E-state index is 11.1. The van der Waals surface area contributed by atoms with Crippen LogP contribution in [0.25, 0.3) is 0 Å². The number of nitrogens with zero attached hydrogens (tertiary/aromatic N) is 1.